The Morgan fingerprint density at radius 1 is 0.921 bits per heavy atom. The van der Waals surface area contributed by atoms with E-state index in [0.29, 0.717) is 35.2 Å². The molecule has 1 saturated heterocycles. The molecule has 0 saturated carbocycles. The number of ether oxygens (including phenoxy) is 1. The molecule has 200 valence electrons. The zero-order valence-electron chi connectivity index (χ0n) is 21.9. The molecular formula is C31H34ClNO5. The summed E-state index contributed by atoms with van der Waals surface area (Å²) in [5.74, 6) is -0.236. The fourth-order valence-corrected chi connectivity index (χ4v) is 5.41. The third kappa shape index (κ3) is 5.17. The molecule has 0 radical (unpaired) electrons. The molecule has 7 heteroatoms. The lowest BCUT2D eigenvalue weighted by molar-refractivity contribution is -0.160. The second-order valence-corrected chi connectivity index (χ2v) is 10.8. The van der Waals surface area contributed by atoms with Crippen LogP contribution in [-0.4, -0.2) is 44.4 Å². The first-order valence-corrected chi connectivity index (χ1v) is 12.7. The van der Waals surface area contributed by atoms with Gasteiger partial charge < -0.3 is 20.1 Å². The highest BCUT2D eigenvalue weighted by Crippen LogP contribution is 2.48. The van der Waals surface area contributed by atoms with Crippen LogP contribution in [0.3, 0.4) is 0 Å². The van der Waals surface area contributed by atoms with E-state index < -0.39 is 5.60 Å². The van der Waals surface area contributed by atoms with Crippen molar-refractivity contribution in [2.45, 2.75) is 58.4 Å². The first kappa shape index (κ1) is 27.7. The molecule has 38 heavy (non-hydrogen) atoms. The third-order valence-electron chi connectivity index (χ3n) is 7.04. The van der Waals surface area contributed by atoms with Gasteiger partial charge >= 0.3 is 5.97 Å². The van der Waals surface area contributed by atoms with Gasteiger partial charge in [-0.3, -0.25) is 9.69 Å². The number of rotatable bonds is 5. The normalized spacial score (nSPS) is 16.1. The van der Waals surface area contributed by atoms with Crippen molar-refractivity contribution in [3.05, 3.63) is 71.8 Å². The molecule has 1 aliphatic rings. The molecule has 1 fully saturated rings. The number of aliphatic hydroxyl groups is 1. The lowest BCUT2D eigenvalue weighted by atomic mass is 9.88. The second-order valence-electron chi connectivity index (χ2n) is 10.8. The van der Waals surface area contributed by atoms with E-state index in [2.05, 4.69) is 4.90 Å². The van der Waals surface area contributed by atoms with E-state index in [1.807, 2.05) is 75.4 Å². The van der Waals surface area contributed by atoms with E-state index in [1.165, 1.54) is 0 Å². The number of aliphatic hydroxyl groups excluding tert-OH is 1. The number of likely N-dealkylation sites (tertiary alicyclic amines) is 1. The molecule has 6 nitrogen and oxygen atoms in total. The van der Waals surface area contributed by atoms with Gasteiger partial charge in [0.2, 0.25) is 0 Å². The number of halogens is 1. The summed E-state index contributed by atoms with van der Waals surface area (Å²) < 4.78 is 5.67. The van der Waals surface area contributed by atoms with Gasteiger partial charge in [-0.25, -0.2) is 0 Å². The molecule has 0 aliphatic carbocycles. The van der Waals surface area contributed by atoms with Crippen LogP contribution in [0.5, 0.6) is 11.5 Å². The lowest BCUT2D eigenvalue weighted by Crippen LogP contribution is -2.40. The van der Waals surface area contributed by atoms with E-state index in [1.54, 1.807) is 6.07 Å². The molecule has 0 amide bonds. The van der Waals surface area contributed by atoms with Gasteiger partial charge in [-0.2, -0.15) is 0 Å². The molecule has 0 aromatic heterocycles. The first-order valence-electron chi connectivity index (χ1n) is 12.7. The van der Waals surface area contributed by atoms with Gasteiger partial charge in [0, 0.05) is 28.8 Å². The standard InChI is InChI=1S/C31H33NO5.ClH/c1-31(2,3)37-30(36)25-13-8-14-32(25)17-21-15-19-9-4-6-11-23(19)26(28(21)34)27-24-12-7-5-10-20(24)16-22(18-33)29(27)35;/h4-7,9-12,15-16,25,33-35H,8,13-14,17-18H2,1-3H3;1H/t25-;/m0./s1. The van der Waals surface area contributed by atoms with Crippen molar-refractivity contribution >= 4 is 39.9 Å². The number of nitrogens with zero attached hydrogens (tertiary/aromatic N) is 1. The van der Waals surface area contributed by atoms with Crippen LogP contribution in [0.25, 0.3) is 32.7 Å². The Morgan fingerprint density at radius 3 is 2.00 bits per heavy atom. The topological polar surface area (TPSA) is 90.2 Å². The Hall–Kier alpha value is -3.32. The van der Waals surface area contributed by atoms with Crippen LogP contribution < -0.4 is 0 Å². The first-order chi connectivity index (χ1) is 17.7. The van der Waals surface area contributed by atoms with Gasteiger partial charge in [-0.1, -0.05) is 48.5 Å². The molecule has 1 heterocycles. The van der Waals surface area contributed by atoms with Gasteiger partial charge in [0.25, 0.3) is 0 Å². The van der Waals surface area contributed by atoms with E-state index in [0.717, 1.165) is 34.5 Å². The molecule has 4 aromatic carbocycles. The average molecular weight is 536 g/mol. The predicted octanol–water partition coefficient (Wildman–Crippen LogP) is 6.29. The number of carbonyl (C=O) groups excluding carboxylic acids is 1. The lowest BCUT2D eigenvalue weighted by Gasteiger charge is -2.28. The van der Waals surface area contributed by atoms with E-state index in [4.69, 9.17) is 4.74 Å². The molecule has 4 aromatic rings. The largest absolute Gasteiger partial charge is 0.507 e. The van der Waals surface area contributed by atoms with E-state index in [9.17, 15) is 20.1 Å². The van der Waals surface area contributed by atoms with Crippen molar-refractivity contribution in [1.29, 1.82) is 0 Å². The monoisotopic (exact) mass is 535 g/mol. The summed E-state index contributed by atoms with van der Waals surface area (Å²) in [6.45, 7) is 6.35. The summed E-state index contributed by atoms with van der Waals surface area (Å²) in [5, 5.41) is 36.3. The number of hydrogen-bond acceptors (Lipinski definition) is 6. The van der Waals surface area contributed by atoms with E-state index >= 15 is 0 Å². The maximum atomic E-state index is 12.9. The highest BCUT2D eigenvalue weighted by atomic mass is 35.5. The fourth-order valence-electron chi connectivity index (χ4n) is 5.41. The van der Waals surface area contributed by atoms with Crippen molar-refractivity contribution in [3.8, 4) is 22.6 Å². The number of esters is 1. The summed E-state index contributed by atoms with van der Waals surface area (Å²) in [6, 6.07) is 18.7. The Bertz CT molecular complexity index is 1490. The molecule has 5 rings (SSSR count). The number of benzene rings is 4. The molecule has 3 N–H and O–H groups in total. The number of phenolic OH excluding ortho intramolecular Hbond substituents is 1. The van der Waals surface area contributed by atoms with Gasteiger partial charge in [0.1, 0.15) is 23.1 Å². The minimum Gasteiger partial charge on any atom is -0.507 e. The highest BCUT2D eigenvalue weighted by molar-refractivity contribution is 6.10. The van der Waals surface area contributed by atoms with Crippen molar-refractivity contribution in [2.75, 3.05) is 6.54 Å². The maximum Gasteiger partial charge on any atom is 0.323 e. The molecule has 0 bridgehead atoms. The summed E-state index contributed by atoms with van der Waals surface area (Å²) in [5.41, 5.74) is 1.50. The SMILES string of the molecule is CC(C)(C)OC(=O)[C@@H]1CCCN1Cc1cc2ccccc2c(-c2c(O)c(CO)cc3ccccc23)c1O.Cl. The van der Waals surface area contributed by atoms with Crippen LogP contribution in [0.1, 0.15) is 44.7 Å². The summed E-state index contributed by atoms with van der Waals surface area (Å²) >= 11 is 0. The van der Waals surface area contributed by atoms with Gasteiger partial charge in [-0.05, 0) is 73.8 Å². The van der Waals surface area contributed by atoms with Crippen molar-refractivity contribution in [2.24, 2.45) is 0 Å². The van der Waals surface area contributed by atoms with Crippen LogP contribution in [0.4, 0.5) is 0 Å². The van der Waals surface area contributed by atoms with Crippen LogP contribution in [0.2, 0.25) is 0 Å². The Labute approximate surface area is 228 Å². The Balaban J connectivity index is 0.00000336. The van der Waals surface area contributed by atoms with Gasteiger partial charge in [-0.15, -0.1) is 12.4 Å². The predicted molar refractivity (Wildman–Crippen MR) is 153 cm³/mol. The van der Waals surface area contributed by atoms with Crippen LogP contribution in [-0.2, 0) is 22.7 Å². The second kappa shape index (κ2) is 10.8. The molecule has 1 aliphatic heterocycles. The molecule has 0 spiro atoms. The number of fused-ring (bicyclic) bond motifs is 2. The maximum absolute atomic E-state index is 12.9. The van der Waals surface area contributed by atoms with Gasteiger partial charge in [0.05, 0.1) is 6.61 Å². The summed E-state index contributed by atoms with van der Waals surface area (Å²) in [7, 11) is 0. The van der Waals surface area contributed by atoms with Gasteiger partial charge in [0.15, 0.2) is 0 Å². The minimum atomic E-state index is -0.570. The molecule has 1 atom stereocenters. The van der Waals surface area contributed by atoms with Crippen molar-refractivity contribution in [3.63, 3.8) is 0 Å². The number of phenols is 2. The highest BCUT2D eigenvalue weighted by Gasteiger charge is 2.35. The summed E-state index contributed by atoms with van der Waals surface area (Å²) in [6.07, 6.45) is 1.58. The number of carbonyl (C=O) groups is 1. The Kier molecular flexibility index (Phi) is 7.88. The van der Waals surface area contributed by atoms with Crippen molar-refractivity contribution < 1.29 is 24.9 Å². The molecule has 0 unspecified atom stereocenters. The van der Waals surface area contributed by atoms with Crippen molar-refractivity contribution in [1.82, 2.24) is 4.90 Å². The van der Waals surface area contributed by atoms with Crippen LogP contribution >= 0.6 is 12.4 Å². The van der Waals surface area contributed by atoms with Crippen LogP contribution in [0, 0.1) is 0 Å². The zero-order chi connectivity index (χ0) is 26.3. The summed E-state index contributed by atoms with van der Waals surface area (Å²) in [4.78, 5) is 15.0. The third-order valence-corrected chi connectivity index (χ3v) is 7.04. The zero-order valence-corrected chi connectivity index (χ0v) is 22.7. The molecular weight excluding hydrogens is 502 g/mol. The number of aromatic hydroxyl groups is 2. The fraction of sp³-hybridized carbons (Fsp3) is 0.323. The van der Waals surface area contributed by atoms with Crippen LogP contribution in [0.15, 0.2) is 60.7 Å². The smallest absolute Gasteiger partial charge is 0.323 e. The number of hydrogen-bond donors (Lipinski definition) is 3. The average Bonchev–Trinajstić information content (AvgIpc) is 3.32. The minimum absolute atomic E-state index is 0. The quantitative estimate of drug-likeness (QED) is 0.260. The Morgan fingerprint density at radius 2 is 1.45 bits per heavy atom. The van der Waals surface area contributed by atoms with E-state index in [-0.39, 0.29) is 42.5 Å².